The van der Waals surface area contributed by atoms with E-state index in [0.29, 0.717) is 5.75 Å². The van der Waals surface area contributed by atoms with Crippen molar-refractivity contribution in [3.63, 3.8) is 0 Å². The van der Waals surface area contributed by atoms with Crippen LogP contribution in [0.3, 0.4) is 0 Å². The molecule has 0 atom stereocenters. The van der Waals surface area contributed by atoms with Crippen LogP contribution in [0.25, 0.3) is 0 Å². The van der Waals surface area contributed by atoms with Gasteiger partial charge in [0.2, 0.25) is 0 Å². The highest BCUT2D eigenvalue weighted by Gasteiger charge is 2.18. The minimum atomic E-state index is -0.784. The van der Waals surface area contributed by atoms with Gasteiger partial charge < -0.3 is 9.47 Å². The summed E-state index contributed by atoms with van der Waals surface area (Å²) in [5, 5.41) is 0. The molecule has 5 nitrogen and oxygen atoms in total. The third-order valence-electron chi connectivity index (χ3n) is 1.67. The molecule has 1 rings (SSSR count). The number of carbonyl (C=O) groups is 2. The van der Waals surface area contributed by atoms with Gasteiger partial charge >= 0.3 is 12.2 Å². The predicted molar refractivity (Wildman–Crippen MR) is 52.6 cm³/mol. The quantitative estimate of drug-likeness (QED) is 0.708. The molecule has 0 fully saturated rings. The zero-order chi connectivity index (χ0) is 11.3. The number of amides is 2. The molecule has 0 bridgehead atoms. The highest BCUT2D eigenvalue weighted by Crippen LogP contribution is 2.09. The minimum absolute atomic E-state index is 0.373. The number of benzene rings is 1. The number of imide groups is 1. The van der Waals surface area contributed by atoms with Gasteiger partial charge in [0.05, 0.1) is 7.11 Å². The summed E-state index contributed by atoms with van der Waals surface area (Å²) < 4.78 is 9.24. The van der Waals surface area contributed by atoms with Gasteiger partial charge in [-0.15, -0.1) is 0 Å². The number of para-hydroxylation sites is 1. The number of ether oxygens (including phenoxy) is 2. The lowest BCUT2D eigenvalue weighted by atomic mass is 10.3. The first-order valence-corrected chi connectivity index (χ1v) is 4.23. The van der Waals surface area contributed by atoms with Crippen molar-refractivity contribution >= 4 is 12.2 Å². The Morgan fingerprint density at radius 2 is 1.73 bits per heavy atom. The molecule has 0 saturated heterocycles. The average Bonchev–Trinajstić information content (AvgIpc) is 2.28. The standard InChI is InChI=1S/C10H11NO4/c1-11(9(12)14-2)10(13)15-8-6-4-3-5-7-8/h3-7H,1-2H3. The van der Waals surface area contributed by atoms with E-state index in [1.54, 1.807) is 30.3 Å². The van der Waals surface area contributed by atoms with Gasteiger partial charge in [-0.1, -0.05) is 18.2 Å². The van der Waals surface area contributed by atoms with E-state index in [2.05, 4.69) is 4.74 Å². The van der Waals surface area contributed by atoms with E-state index >= 15 is 0 Å². The third kappa shape index (κ3) is 2.98. The molecule has 15 heavy (non-hydrogen) atoms. The Balaban J connectivity index is 2.60. The zero-order valence-electron chi connectivity index (χ0n) is 8.47. The molecule has 2 amide bonds. The Bertz CT molecular complexity index is 350. The Hall–Kier alpha value is -2.04. The van der Waals surface area contributed by atoms with E-state index < -0.39 is 12.2 Å². The fourth-order valence-corrected chi connectivity index (χ4v) is 0.869. The molecule has 80 valence electrons. The molecule has 0 aliphatic rings. The largest absolute Gasteiger partial charge is 0.452 e. The maximum absolute atomic E-state index is 11.3. The van der Waals surface area contributed by atoms with Crippen molar-refractivity contribution in [1.82, 2.24) is 4.90 Å². The predicted octanol–water partition coefficient (Wildman–Crippen LogP) is 1.88. The van der Waals surface area contributed by atoms with Crippen LogP contribution in [0.2, 0.25) is 0 Å². The Morgan fingerprint density at radius 1 is 1.13 bits per heavy atom. The van der Waals surface area contributed by atoms with Gasteiger partial charge in [-0.2, -0.15) is 0 Å². The van der Waals surface area contributed by atoms with Gasteiger partial charge in [0.15, 0.2) is 0 Å². The number of hydrogen-bond acceptors (Lipinski definition) is 4. The molecule has 0 radical (unpaired) electrons. The Morgan fingerprint density at radius 3 is 2.27 bits per heavy atom. The first kappa shape index (κ1) is 11.0. The molecule has 0 spiro atoms. The second-order valence-corrected chi connectivity index (χ2v) is 2.71. The fourth-order valence-electron chi connectivity index (χ4n) is 0.869. The number of methoxy groups -OCH3 is 1. The highest BCUT2D eigenvalue weighted by molar-refractivity contribution is 5.88. The van der Waals surface area contributed by atoms with Crippen LogP contribution in [0.5, 0.6) is 5.75 Å². The van der Waals surface area contributed by atoms with Crippen LogP contribution in [-0.4, -0.2) is 31.2 Å². The van der Waals surface area contributed by atoms with E-state index in [1.807, 2.05) is 0 Å². The lowest BCUT2D eigenvalue weighted by Gasteiger charge is -2.13. The molecule has 0 aliphatic heterocycles. The summed E-state index contributed by atoms with van der Waals surface area (Å²) in [5.41, 5.74) is 0. The monoisotopic (exact) mass is 209 g/mol. The fraction of sp³-hybridized carbons (Fsp3) is 0.200. The van der Waals surface area contributed by atoms with E-state index in [9.17, 15) is 9.59 Å². The van der Waals surface area contributed by atoms with Gasteiger partial charge in [0.1, 0.15) is 5.75 Å². The van der Waals surface area contributed by atoms with Crippen LogP contribution in [0.1, 0.15) is 0 Å². The normalized spacial score (nSPS) is 9.20. The molecule has 1 aromatic carbocycles. The van der Waals surface area contributed by atoms with Gasteiger partial charge in [-0.05, 0) is 12.1 Å². The van der Waals surface area contributed by atoms with Gasteiger partial charge in [0.25, 0.3) is 0 Å². The van der Waals surface area contributed by atoms with Gasteiger partial charge in [-0.3, -0.25) is 0 Å². The van der Waals surface area contributed by atoms with Crippen molar-refractivity contribution < 1.29 is 19.1 Å². The molecule has 0 aliphatic carbocycles. The molecule has 0 aromatic heterocycles. The van der Waals surface area contributed by atoms with Crippen molar-refractivity contribution in [3.05, 3.63) is 30.3 Å². The maximum atomic E-state index is 11.3. The minimum Gasteiger partial charge on any atom is -0.452 e. The van der Waals surface area contributed by atoms with Crippen LogP contribution in [0.15, 0.2) is 30.3 Å². The van der Waals surface area contributed by atoms with Crippen LogP contribution in [-0.2, 0) is 4.74 Å². The summed E-state index contributed by atoms with van der Waals surface area (Å²) in [4.78, 5) is 23.0. The summed E-state index contributed by atoms with van der Waals surface area (Å²) in [6, 6.07) is 8.47. The number of hydrogen-bond donors (Lipinski definition) is 0. The molecule has 0 N–H and O–H groups in total. The van der Waals surface area contributed by atoms with Crippen LogP contribution in [0, 0.1) is 0 Å². The lowest BCUT2D eigenvalue weighted by molar-refractivity contribution is 0.121. The SMILES string of the molecule is COC(=O)N(C)C(=O)Oc1ccccc1. The molecule has 5 heteroatoms. The van der Waals surface area contributed by atoms with E-state index in [-0.39, 0.29) is 0 Å². The van der Waals surface area contributed by atoms with Crippen molar-refractivity contribution in [2.45, 2.75) is 0 Å². The topological polar surface area (TPSA) is 55.8 Å². The van der Waals surface area contributed by atoms with Crippen molar-refractivity contribution in [2.24, 2.45) is 0 Å². The van der Waals surface area contributed by atoms with Crippen molar-refractivity contribution in [1.29, 1.82) is 0 Å². The van der Waals surface area contributed by atoms with Crippen molar-refractivity contribution in [3.8, 4) is 5.75 Å². The summed E-state index contributed by atoms with van der Waals surface area (Å²) in [7, 11) is 2.46. The molecular formula is C10H11NO4. The van der Waals surface area contributed by atoms with Crippen LogP contribution >= 0.6 is 0 Å². The second kappa shape index (κ2) is 4.99. The van der Waals surface area contributed by atoms with Crippen molar-refractivity contribution in [2.75, 3.05) is 14.2 Å². The second-order valence-electron chi connectivity index (χ2n) is 2.71. The van der Waals surface area contributed by atoms with E-state index in [1.165, 1.54) is 14.2 Å². The maximum Gasteiger partial charge on any atom is 0.424 e. The third-order valence-corrected chi connectivity index (χ3v) is 1.67. The van der Waals surface area contributed by atoms with Crippen LogP contribution < -0.4 is 4.74 Å². The number of carbonyl (C=O) groups excluding carboxylic acids is 2. The number of nitrogens with zero attached hydrogens (tertiary/aromatic N) is 1. The summed E-state index contributed by atoms with van der Waals surface area (Å²) in [6.07, 6.45) is -1.55. The first-order valence-electron chi connectivity index (χ1n) is 4.23. The van der Waals surface area contributed by atoms with Crippen LogP contribution in [0.4, 0.5) is 9.59 Å². The number of rotatable bonds is 1. The molecular weight excluding hydrogens is 198 g/mol. The van der Waals surface area contributed by atoms with Gasteiger partial charge in [0, 0.05) is 7.05 Å². The summed E-state index contributed by atoms with van der Waals surface area (Å²) >= 11 is 0. The molecule has 0 saturated carbocycles. The smallest absolute Gasteiger partial charge is 0.424 e. The van der Waals surface area contributed by atoms with Gasteiger partial charge in [-0.25, -0.2) is 14.5 Å². The lowest BCUT2D eigenvalue weighted by Crippen LogP contribution is -2.35. The molecule has 0 heterocycles. The molecule has 1 aromatic rings. The molecule has 0 unspecified atom stereocenters. The average molecular weight is 209 g/mol. The summed E-state index contributed by atoms with van der Waals surface area (Å²) in [5.74, 6) is 0.373. The van der Waals surface area contributed by atoms with E-state index in [0.717, 1.165) is 4.90 Å². The zero-order valence-corrected chi connectivity index (χ0v) is 8.47. The summed E-state index contributed by atoms with van der Waals surface area (Å²) in [6.45, 7) is 0. The first-order chi connectivity index (χ1) is 7.15. The van der Waals surface area contributed by atoms with E-state index in [4.69, 9.17) is 4.74 Å². The highest BCUT2D eigenvalue weighted by atomic mass is 16.6. The Kier molecular flexibility index (Phi) is 3.68. The Labute approximate surface area is 87.2 Å².